The van der Waals surface area contributed by atoms with E-state index in [1.165, 1.54) is 25.5 Å². The first kappa shape index (κ1) is 63.4. The van der Waals surface area contributed by atoms with Gasteiger partial charge in [0.15, 0.2) is 0 Å². The van der Waals surface area contributed by atoms with Gasteiger partial charge in [-0.1, -0.05) is 97.1 Å². The van der Waals surface area contributed by atoms with Crippen LogP contribution in [0.4, 0.5) is 0 Å². The van der Waals surface area contributed by atoms with Crippen molar-refractivity contribution in [2.75, 3.05) is 41.7 Å². The number of amides is 3. The van der Waals surface area contributed by atoms with Crippen molar-refractivity contribution >= 4 is 73.3 Å². The minimum absolute atomic E-state index is 0. The number of primary amides is 3. The molecule has 3 heterocycles. The van der Waals surface area contributed by atoms with Crippen LogP contribution in [0.3, 0.4) is 0 Å². The third-order valence-electron chi connectivity index (χ3n) is 16.1. The molecular formula is C68H69N6NaO13. The number of fused-ring (bicyclic) bond motifs is 9. The SMILES string of the molecule is COc1cc(OC(=O)CO)c2c3c(C(N)=O)cccc3n(Cc3ccccc3)c2c1.COc1cc(OC(=O)CO)c2c3c(n(Cc4ccccc4)c2c1)CCCC3C(N)=O.COc1cc(OC)c2c3c(n(Cc4ccccc4)c2c1)CCCC3C(N)=O.[H-].[Na+]. The molecule has 8 N–H and O–H groups in total. The van der Waals surface area contributed by atoms with E-state index in [0.29, 0.717) is 58.2 Å². The molecule has 0 aliphatic heterocycles. The number of hydrogen-bond donors (Lipinski definition) is 5. The second kappa shape index (κ2) is 28.2. The van der Waals surface area contributed by atoms with Gasteiger partial charge >= 0.3 is 41.5 Å². The maximum atomic E-state index is 12.3. The Balaban J connectivity index is 0.000000171. The largest absolute Gasteiger partial charge is 1.00 e. The Hall–Kier alpha value is -9.11. The number of hydrogen-bond acceptors (Lipinski definition) is 13. The molecule has 88 heavy (non-hydrogen) atoms. The number of carbonyl (C=O) groups excluding carboxylic acids is 5. The monoisotopic (exact) mass is 1200 g/mol. The number of nitrogens with zero attached hydrogens (tertiary/aromatic N) is 3. The number of benzene rings is 7. The van der Waals surface area contributed by atoms with E-state index in [-0.39, 0.29) is 54.3 Å². The van der Waals surface area contributed by atoms with E-state index in [9.17, 15) is 29.1 Å². The summed E-state index contributed by atoms with van der Waals surface area (Å²) in [4.78, 5) is 60.4. The Morgan fingerprint density at radius 3 is 1.24 bits per heavy atom. The fourth-order valence-electron chi connectivity index (χ4n) is 12.3. The van der Waals surface area contributed by atoms with E-state index in [1.807, 2.05) is 114 Å². The predicted molar refractivity (Wildman–Crippen MR) is 331 cm³/mol. The van der Waals surface area contributed by atoms with Crippen LogP contribution >= 0.6 is 0 Å². The Labute approximate surface area is 531 Å². The number of nitrogens with two attached hydrogens (primary N) is 3. The zero-order valence-corrected chi connectivity index (χ0v) is 51.7. The molecule has 0 saturated carbocycles. The van der Waals surface area contributed by atoms with Gasteiger partial charge in [-0.05, 0) is 78.5 Å². The van der Waals surface area contributed by atoms with Gasteiger partial charge < -0.3 is 71.0 Å². The van der Waals surface area contributed by atoms with E-state index in [1.54, 1.807) is 38.5 Å². The zero-order valence-electron chi connectivity index (χ0n) is 50.7. The van der Waals surface area contributed by atoms with Crippen LogP contribution in [0.25, 0.3) is 43.6 Å². The second-order valence-corrected chi connectivity index (χ2v) is 21.2. The quantitative estimate of drug-likeness (QED) is 0.0394. The van der Waals surface area contributed by atoms with Crippen molar-refractivity contribution in [1.82, 2.24) is 13.7 Å². The molecule has 10 aromatic rings. The summed E-state index contributed by atoms with van der Waals surface area (Å²) in [5.74, 6) is -0.696. The first-order chi connectivity index (χ1) is 42.2. The molecule has 0 bridgehead atoms. The molecule has 12 rings (SSSR count). The van der Waals surface area contributed by atoms with Crippen LogP contribution in [-0.2, 0) is 51.7 Å². The van der Waals surface area contributed by atoms with Gasteiger partial charge in [0.05, 0.1) is 67.7 Å². The summed E-state index contributed by atoms with van der Waals surface area (Å²) in [7, 11) is 6.35. The zero-order chi connectivity index (χ0) is 61.5. The molecule has 0 spiro atoms. The second-order valence-electron chi connectivity index (χ2n) is 21.2. The van der Waals surface area contributed by atoms with Crippen molar-refractivity contribution in [2.24, 2.45) is 17.2 Å². The van der Waals surface area contributed by atoms with Crippen molar-refractivity contribution in [3.63, 3.8) is 0 Å². The first-order valence-corrected chi connectivity index (χ1v) is 28.5. The summed E-state index contributed by atoms with van der Waals surface area (Å²) in [6.07, 6.45) is 4.93. The number of ether oxygens (including phenoxy) is 6. The third-order valence-corrected chi connectivity index (χ3v) is 16.1. The molecule has 7 aromatic carbocycles. The number of esters is 2. The van der Waals surface area contributed by atoms with Crippen molar-refractivity contribution in [2.45, 2.75) is 70.0 Å². The number of aromatic nitrogens is 3. The Morgan fingerprint density at radius 2 is 0.852 bits per heavy atom. The molecule has 3 aromatic heterocycles. The number of carbonyl (C=O) groups is 5. The summed E-state index contributed by atoms with van der Waals surface area (Å²) in [5, 5.41) is 21.1. The van der Waals surface area contributed by atoms with Gasteiger partial charge in [0, 0.05) is 89.1 Å². The Kier molecular flexibility index (Phi) is 20.3. The third kappa shape index (κ3) is 13.0. The van der Waals surface area contributed by atoms with Crippen LogP contribution in [0.2, 0.25) is 0 Å². The predicted octanol–water partition coefficient (Wildman–Crippen LogP) is 6.08. The van der Waals surface area contributed by atoms with Crippen LogP contribution < -0.4 is 75.2 Å². The molecule has 2 atom stereocenters. The average molecular weight is 1200 g/mol. The van der Waals surface area contributed by atoms with Crippen LogP contribution in [-0.4, -0.2) is 95.2 Å². The molecule has 0 radical (unpaired) electrons. The molecule has 3 amide bonds. The van der Waals surface area contributed by atoms with Crippen molar-refractivity contribution in [3.05, 3.63) is 190 Å². The Morgan fingerprint density at radius 1 is 0.466 bits per heavy atom. The number of methoxy groups -OCH3 is 4. The molecule has 2 aliphatic carbocycles. The summed E-state index contributed by atoms with van der Waals surface area (Å²) < 4.78 is 39.3. The van der Waals surface area contributed by atoms with E-state index in [4.69, 9.17) is 50.7 Å². The number of aliphatic hydroxyl groups excluding tert-OH is 2. The van der Waals surface area contributed by atoms with Gasteiger partial charge in [-0.2, -0.15) is 0 Å². The van der Waals surface area contributed by atoms with E-state index in [2.05, 4.69) is 21.3 Å². The average Bonchev–Trinajstić information content (AvgIpc) is 1.71. The fraction of sp³-hybridized carbons (Fsp3) is 0.250. The molecule has 450 valence electrons. The standard InChI is InChI=1S/C23H24N2O5.C23H20N2O5.C22H24N2O3.Na.H/c2*1-29-15-10-18-22(19(11-15)30-20(27)13-26)21-16(23(24)28)8-5-9-17(21)25(18)12-14-6-3-2-4-7-14;1-26-15-11-18-21(19(12-15)27-2)20-16(22(23)25)9-6-10-17(20)24(18)13-14-7-4-3-5-8-14;;/h2-4,6-7,10-11,16,26H,5,8-9,12-13H2,1H3,(H2,24,28);2-11,26H,12-13H2,1H3,(H2,24,28);3-5,7-8,11-12,16H,6,9-10,13H2,1-2H3,(H2,23,25);;/q;;;+1;-1. The van der Waals surface area contributed by atoms with Gasteiger partial charge in [-0.15, -0.1) is 0 Å². The van der Waals surface area contributed by atoms with Crippen molar-refractivity contribution in [1.29, 1.82) is 0 Å². The summed E-state index contributed by atoms with van der Waals surface area (Å²) >= 11 is 0. The van der Waals surface area contributed by atoms with Crippen LogP contribution in [0, 0.1) is 0 Å². The van der Waals surface area contributed by atoms with E-state index in [0.717, 1.165) is 100 Å². The van der Waals surface area contributed by atoms with Gasteiger partial charge in [-0.3, -0.25) is 14.4 Å². The van der Waals surface area contributed by atoms with Crippen LogP contribution in [0.15, 0.2) is 146 Å². The Bertz CT molecular complexity index is 4230. The fourth-order valence-corrected chi connectivity index (χ4v) is 12.3. The molecule has 19 nitrogen and oxygen atoms in total. The molecular weight excluding hydrogens is 1130 g/mol. The van der Waals surface area contributed by atoms with Gasteiger partial charge in [0.2, 0.25) is 17.7 Å². The minimum Gasteiger partial charge on any atom is -1.00 e. The van der Waals surface area contributed by atoms with Crippen molar-refractivity contribution < 1.29 is 93.6 Å². The summed E-state index contributed by atoms with van der Waals surface area (Å²) in [6.45, 7) is 0.325. The smallest absolute Gasteiger partial charge is 1.00 e. The van der Waals surface area contributed by atoms with Crippen LogP contribution in [0.1, 0.15) is 88.5 Å². The number of rotatable bonds is 17. The maximum Gasteiger partial charge on any atom is 1.00 e. The number of aliphatic hydroxyl groups is 2. The van der Waals surface area contributed by atoms with Gasteiger partial charge in [-0.25, -0.2) is 9.59 Å². The van der Waals surface area contributed by atoms with Crippen molar-refractivity contribution in [3.8, 4) is 34.5 Å². The minimum atomic E-state index is -0.815. The van der Waals surface area contributed by atoms with Gasteiger partial charge in [0.1, 0.15) is 47.7 Å². The van der Waals surface area contributed by atoms with E-state index < -0.39 is 42.9 Å². The molecule has 20 heteroatoms. The van der Waals surface area contributed by atoms with Crippen LogP contribution in [0.5, 0.6) is 34.5 Å². The van der Waals surface area contributed by atoms with E-state index >= 15 is 0 Å². The first-order valence-electron chi connectivity index (χ1n) is 28.5. The summed E-state index contributed by atoms with van der Waals surface area (Å²) in [5.41, 5.74) is 28.2. The normalized spacial score (nSPS) is 14.0. The molecule has 0 fully saturated rings. The topological polar surface area (TPSA) is 274 Å². The summed E-state index contributed by atoms with van der Waals surface area (Å²) in [6, 6.07) is 46.2. The van der Waals surface area contributed by atoms with Gasteiger partial charge in [0.25, 0.3) is 0 Å². The molecule has 2 unspecified atom stereocenters. The molecule has 2 aliphatic rings. The molecule has 0 saturated heterocycles. The maximum absolute atomic E-state index is 12.3.